The highest BCUT2D eigenvalue weighted by Crippen LogP contribution is 2.22. The predicted octanol–water partition coefficient (Wildman–Crippen LogP) is 0.307. The molecule has 0 unspecified atom stereocenters. The molecule has 2 rings (SSSR count). The highest BCUT2D eigenvalue weighted by molar-refractivity contribution is 5.64. The monoisotopic (exact) mass is 232 g/mol. The van der Waals surface area contributed by atoms with Crippen molar-refractivity contribution in [2.45, 2.75) is 19.0 Å². The molecule has 0 bridgehead atoms. The Balaban J connectivity index is 2.27. The van der Waals surface area contributed by atoms with Gasteiger partial charge >= 0.3 is 0 Å². The second kappa shape index (κ2) is 4.76. The Morgan fingerprint density at radius 2 is 2.24 bits per heavy atom. The number of nitrogens with zero attached hydrogens (tertiary/aromatic N) is 3. The van der Waals surface area contributed by atoms with Crippen molar-refractivity contribution in [3.63, 3.8) is 0 Å². The third-order valence-corrected chi connectivity index (χ3v) is 2.95. The van der Waals surface area contributed by atoms with Crippen LogP contribution in [0.3, 0.4) is 0 Å². The number of hydrogen-bond acceptors (Lipinski definition) is 4. The molecule has 1 atom stereocenters. The average Bonchev–Trinajstić information content (AvgIpc) is 2.35. The van der Waals surface area contributed by atoms with E-state index in [1.807, 2.05) is 24.3 Å². The van der Waals surface area contributed by atoms with Crippen LogP contribution in [0.5, 0.6) is 0 Å². The van der Waals surface area contributed by atoms with Gasteiger partial charge < -0.3 is 14.8 Å². The van der Waals surface area contributed by atoms with E-state index in [9.17, 15) is 9.90 Å². The number of carbonyl (C=O) groups excluding carboxylic acids is 1. The Kier molecular flexibility index (Phi) is 3.16. The van der Waals surface area contributed by atoms with Crippen LogP contribution in [0.2, 0.25) is 0 Å². The molecule has 0 spiro atoms. The molecule has 6 nitrogen and oxygen atoms in total. The maximum atomic E-state index is 11.0. The van der Waals surface area contributed by atoms with Gasteiger partial charge in [-0.25, -0.2) is 0 Å². The molecular formula is C11H12N4O2. The molecule has 6 heteroatoms. The summed E-state index contributed by atoms with van der Waals surface area (Å²) in [5.74, 6) is 0. The van der Waals surface area contributed by atoms with E-state index in [0.717, 1.165) is 11.1 Å². The molecular weight excluding hydrogens is 220 g/mol. The lowest BCUT2D eigenvalue weighted by Gasteiger charge is -2.37. The minimum atomic E-state index is -1.20. The number of benzene rings is 1. The van der Waals surface area contributed by atoms with Crippen LogP contribution in [0.4, 0.5) is 4.79 Å². The van der Waals surface area contributed by atoms with Crippen molar-refractivity contribution >= 4 is 6.09 Å². The Morgan fingerprint density at radius 1 is 1.53 bits per heavy atom. The van der Waals surface area contributed by atoms with Gasteiger partial charge in [0.2, 0.25) is 4.91 Å². The van der Waals surface area contributed by atoms with Gasteiger partial charge in [-0.1, -0.05) is 24.3 Å². The second-order valence-corrected chi connectivity index (χ2v) is 3.94. The van der Waals surface area contributed by atoms with Crippen LogP contribution in [0.25, 0.3) is 0 Å². The third-order valence-electron chi connectivity index (χ3n) is 2.95. The Hall–Kier alpha value is -2.20. The molecule has 1 N–H and O–H groups in total. The van der Waals surface area contributed by atoms with Crippen LogP contribution < -0.4 is 10.0 Å². The number of amides is 1. The van der Waals surface area contributed by atoms with Crippen LogP contribution in [-0.2, 0) is 13.0 Å². The van der Waals surface area contributed by atoms with Gasteiger partial charge in [0.05, 0.1) is 6.04 Å². The fourth-order valence-corrected chi connectivity index (χ4v) is 2.10. The normalized spacial score (nSPS) is 18.1. The summed E-state index contributed by atoms with van der Waals surface area (Å²) in [5, 5.41) is 14.6. The summed E-state index contributed by atoms with van der Waals surface area (Å²) in [6.07, 6.45) is -0.618. The summed E-state index contributed by atoms with van der Waals surface area (Å²) >= 11 is 0. The topological polar surface area (TPSA) is 93.7 Å². The van der Waals surface area contributed by atoms with E-state index in [2.05, 4.69) is 10.0 Å². The zero-order valence-corrected chi connectivity index (χ0v) is 9.17. The van der Waals surface area contributed by atoms with Crippen LogP contribution in [0.1, 0.15) is 11.1 Å². The Morgan fingerprint density at radius 3 is 2.88 bits per heavy atom. The number of hydrogen-bond donors (Lipinski definition) is 1. The van der Waals surface area contributed by atoms with Crippen molar-refractivity contribution in [2.24, 2.45) is 5.11 Å². The molecule has 0 saturated carbocycles. The highest BCUT2D eigenvalue weighted by Gasteiger charge is 2.26. The van der Waals surface area contributed by atoms with Gasteiger partial charge in [-0.15, -0.1) is 0 Å². The summed E-state index contributed by atoms with van der Waals surface area (Å²) < 4.78 is 0. The van der Waals surface area contributed by atoms with Gasteiger partial charge in [-0.2, -0.15) is 0 Å². The zero-order valence-electron chi connectivity index (χ0n) is 9.17. The molecule has 0 aromatic heterocycles. The molecule has 1 aliphatic rings. The van der Waals surface area contributed by atoms with E-state index in [1.165, 1.54) is 4.90 Å². The van der Waals surface area contributed by atoms with Gasteiger partial charge in [0, 0.05) is 6.54 Å². The van der Waals surface area contributed by atoms with E-state index >= 15 is 0 Å². The molecule has 17 heavy (non-hydrogen) atoms. The lowest BCUT2D eigenvalue weighted by molar-refractivity contribution is -0.269. The first-order chi connectivity index (χ1) is 8.22. The molecule has 1 aromatic rings. The fraction of sp³-hybridized carbons (Fsp3) is 0.364. The van der Waals surface area contributed by atoms with Crippen LogP contribution in [0.15, 0.2) is 29.4 Å². The first-order valence-electron chi connectivity index (χ1n) is 5.30. The van der Waals surface area contributed by atoms with Crippen molar-refractivity contribution in [1.29, 1.82) is 5.53 Å². The van der Waals surface area contributed by atoms with Gasteiger partial charge in [0.1, 0.15) is 23.3 Å². The number of nitrogens with one attached hydrogen (secondary N) is 1. The third kappa shape index (κ3) is 2.32. The van der Waals surface area contributed by atoms with Crippen molar-refractivity contribution in [2.75, 3.05) is 6.54 Å². The Labute approximate surface area is 98.1 Å². The summed E-state index contributed by atoms with van der Waals surface area (Å²) in [4.78, 5) is 15.2. The summed E-state index contributed by atoms with van der Waals surface area (Å²) in [6.45, 7) is 0.516. The molecule has 88 valence electrons. The molecule has 0 radical (unpaired) electrons. The van der Waals surface area contributed by atoms with Gasteiger partial charge in [0.25, 0.3) is 0 Å². The standard InChI is InChI=1S/C11H12N4O2/c12-14-13-6-10-5-8-3-1-2-4-9(8)7-15(10)11(16)17/h1-4,10,12H,5-7H2/t10-/m0/s1. The summed E-state index contributed by atoms with van der Waals surface area (Å²) in [6, 6.07) is 7.41. The number of fused-ring (bicyclic) bond motifs is 1. The van der Waals surface area contributed by atoms with E-state index < -0.39 is 6.09 Å². The Bertz CT molecular complexity index is 482. The molecule has 0 fully saturated rings. The van der Waals surface area contributed by atoms with Crippen LogP contribution >= 0.6 is 0 Å². The van der Waals surface area contributed by atoms with Crippen molar-refractivity contribution < 1.29 is 9.90 Å². The van der Waals surface area contributed by atoms with Crippen molar-refractivity contribution in [3.8, 4) is 0 Å². The average molecular weight is 232 g/mol. The minimum Gasteiger partial charge on any atom is -0.530 e. The molecule has 1 amide bonds. The first kappa shape index (κ1) is 11.3. The number of carbonyl (C=O) groups is 1. The maximum Gasteiger partial charge on any atom is 0.214 e. The first-order valence-corrected chi connectivity index (χ1v) is 5.30. The van der Waals surface area contributed by atoms with Gasteiger partial charge in [-0.05, 0) is 17.5 Å². The van der Waals surface area contributed by atoms with Crippen molar-refractivity contribution in [1.82, 2.24) is 9.81 Å². The number of rotatable bonds is 2. The highest BCUT2D eigenvalue weighted by atomic mass is 16.4. The smallest absolute Gasteiger partial charge is 0.214 e. The zero-order chi connectivity index (χ0) is 12.3. The van der Waals surface area contributed by atoms with Crippen LogP contribution in [-0.4, -0.2) is 23.6 Å². The lowest BCUT2D eigenvalue weighted by atomic mass is 9.94. The SMILES string of the molecule is N=[N+]=NC[C@@H]1Cc2ccccc2CN1C(=O)[O-]. The quantitative estimate of drug-likeness (QED) is 0.586. The molecule has 1 heterocycles. The molecule has 0 aliphatic carbocycles. The second-order valence-electron chi connectivity index (χ2n) is 3.94. The lowest BCUT2D eigenvalue weighted by Crippen LogP contribution is -2.51. The molecule has 0 saturated heterocycles. The van der Waals surface area contributed by atoms with E-state index in [1.54, 1.807) is 0 Å². The fourth-order valence-electron chi connectivity index (χ4n) is 2.10. The maximum absolute atomic E-state index is 11.0. The van der Waals surface area contributed by atoms with E-state index in [0.29, 0.717) is 13.0 Å². The number of carboxylic acid groups (broad SMARTS) is 1. The van der Waals surface area contributed by atoms with Gasteiger partial charge in [-0.3, -0.25) is 0 Å². The van der Waals surface area contributed by atoms with E-state index in [4.69, 9.17) is 5.53 Å². The minimum absolute atomic E-state index is 0.200. The summed E-state index contributed by atoms with van der Waals surface area (Å²) in [7, 11) is 0. The van der Waals surface area contributed by atoms with Crippen LogP contribution in [0, 0.1) is 5.53 Å². The summed E-state index contributed by atoms with van der Waals surface area (Å²) in [5.41, 5.74) is 8.73. The molecule has 1 aromatic carbocycles. The molecule has 1 aliphatic heterocycles. The van der Waals surface area contributed by atoms with E-state index in [-0.39, 0.29) is 12.6 Å². The van der Waals surface area contributed by atoms with Crippen molar-refractivity contribution in [3.05, 3.63) is 35.4 Å². The predicted molar refractivity (Wildman–Crippen MR) is 57.0 cm³/mol. The van der Waals surface area contributed by atoms with Gasteiger partial charge in [0.15, 0.2) is 0 Å². The largest absolute Gasteiger partial charge is 0.530 e.